The monoisotopic (exact) mass is 214 g/mol. The molecule has 1 aliphatic rings. The first-order valence-electron chi connectivity index (χ1n) is 5.35. The number of amides is 2. The molecule has 1 atom stereocenters. The normalized spacial score (nSPS) is 17.7. The van der Waals surface area contributed by atoms with Gasteiger partial charge in [0.05, 0.1) is 6.42 Å². The number of urea groups is 1. The van der Waals surface area contributed by atoms with Gasteiger partial charge in [0.1, 0.15) is 0 Å². The highest BCUT2D eigenvalue weighted by atomic mass is 16.4. The van der Waals surface area contributed by atoms with Gasteiger partial charge in [-0.25, -0.2) is 4.79 Å². The van der Waals surface area contributed by atoms with Gasteiger partial charge in [0.25, 0.3) is 0 Å². The summed E-state index contributed by atoms with van der Waals surface area (Å²) in [6.07, 6.45) is 3.57. The van der Waals surface area contributed by atoms with Crippen molar-refractivity contribution in [3.63, 3.8) is 0 Å². The molecule has 1 saturated carbocycles. The van der Waals surface area contributed by atoms with Gasteiger partial charge in [-0.15, -0.1) is 0 Å². The van der Waals surface area contributed by atoms with E-state index in [-0.39, 0.29) is 25.0 Å². The quantitative estimate of drug-likeness (QED) is 0.637. The summed E-state index contributed by atoms with van der Waals surface area (Å²) in [4.78, 5) is 21.5. The lowest BCUT2D eigenvalue weighted by Crippen LogP contribution is -2.46. The molecule has 0 spiro atoms. The highest BCUT2D eigenvalue weighted by Gasteiger charge is 2.24. The molecule has 0 aromatic heterocycles. The average molecular weight is 214 g/mol. The molecule has 15 heavy (non-hydrogen) atoms. The van der Waals surface area contributed by atoms with Gasteiger partial charge in [0, 0.05) is 12.6 Å². The van der Waals surface area contributed by atoms with Crippen molar-refractivity contribution in [2.75, 3.05) is 6.54 Å². The van der Waals surface area contributed by atoms with E-state index in [2.05, 4.69) is 10.6 Å². The molecule has 1 fully saturated rings. The molecule has 3 N–H and O–H groups in total. The van der Waals surface area contributed by atoms with E-state index >= 15 is 0 Å². The molecule has 0 heterocycles. The molecular weight excluding hydrogens is 196 g/mol. The van der Waals surface area contributed by atoms with Crippen molar-refractivity contribution in [1.29, 1.82) is 0 Å². The van der Waals surface area contributed by atoms with Crippen molar-refractivity contribution < 1.29 is 14.7 Å². The van der Waals surface area contributed by atoms with E-state index in [1.54, 1.807) is 0 Å². The zero-order chi connectivity index (χ0) is 11.3. The molecule has 0 saturated heterocycles. The summed E-state index contributed by atoms with van der Waals surface area (Å²) in [5.74, 6) is -0.308. The largest absolute Gasteiger partial charge is 0.481 e. The summed E-state index contributed by atoms with van der Waals surface area (Å²) in [6, 6.07) is -0.0840. The summed E-state index contributed by atoms with van der Waals surface area (Å²) in [6.45, 7) is 2.17. The Morgan fingerprint density at radius 2 is 2.13 bits per heavy atom. The third-order valence-electron chi connectivity index (χ3n) is 2.84. The van der Waals surface area contributed by atoms with Gasteiger partial charge in [-0.3, -0.25) is 4.79 Å². The Bertz CT molecular complexity index is 239. The Morgan fingerprint density at radius 1 is 1.47 bits per heavy atom. The summed E-state index contributed by atoms with van der Waals surface area (Å²) >= 11 is 0. The fraction of sp³-hybridized carbons (Fsp3) is 0.800. The van der Waals surface area contributed by atoms with Crippen molar-refractivity contribution in [2.24, 2.45) is 5.92 Å². The number of aliphatic carboxylic acids is 1. The van der Waals surface area contributed by atoms with E-state index in [0.29, 0.717) is 5.92 Å². The van der Waals surface area contributed by atoms with Crippen molar-refractivity contribution >= 4 is 12.0 Å². The van der Waals surface area contributed by atoms with Crippen molar-refractivity contribution in [2.45, 2.75) is 38.6 Å². The Hall–Kier alpha value is -1.26. The number of hydrogen-bond acceptors (Lipinski definition) is 2. The zero-order valence-electron chi connectivity index (χ0n) is 8.95. The molecule has 0 aliphatic heterocycles. The average Bonchev–Trinajstić information content (AvgIpc) is 1.98. The molecule has 5 heteroatoms. The van der Waals surface area contributed by atoms with Crippen LogP contribution in [0, 0.1) is 5.92 Å². The van der Waals surface area contributed by atoms with Gasteiger partial charge in [0.15, 0.2) is 0 Å². The Balaban J connectivity index is 2.09. The molecular formula is C10H18N2O3. The third kappa shape index (κ3) is 4.18. The molecule has 1 rings (SSSR count). The second-order valence-electron chi connectivity index (χ2n) is 4.02. The standard InChI is InChI=1S/C10H18N2O3/c1-7(8-3-2-4-8)12-10(15)11-6-5-9(13)14/h7-8H,2-6H2,1H3,(H,13,14)(H2,11,12,15). The van der Waals surface area contributed by atoms with Crippen LogP contribution in [0.5, 0.6) is 0 Å². The maximum atomic E-state index is 11.3. The third-order valence-corrected chi connectivity index (χ3v) is 2.84. The smallest absolute Gasteiger partial charge is 0.315 e. The fourth-order valence-electron chi connectivity index (χ4n) is 1.60. The van der Waals surface area contributed by atoms with Crippen molar-refractivity contribution in [1.82, 2.24) is 10.6 Å². The summed E-state index contributed by atoms with van der Waals surface area (Å²) < 4.78 is 0. The highest BCUT2D eigenvalue weighted by Crippen LogP contribution is 2.29. The Labute approximate surface area is 89.2 Å². The number of carboxylic acid groups (broad SMARTS) is 1. The van der Waals surface area contributed by atoms with Gasteiger partial charge >= 0.3 is 12.0 Å². The highest BCUT2D eigenvalue weighted by molar-refractivity contribution is 5.75. The van der Waals surface area contributed by atoms with Crippen LogP contribution in [0.3, 0.4) is 0 Å². The number of rotatable bonds is 5. The van der Waals surface area contributed by atoms with Crippen LogP contribution in [-0.2, 0) is 4.79 Å². The molecule has 0 aromatic carbocycles. The summed E-state index contributed by atoms with van der Waals surface area (Å²) in [7, 11) is 0. The number of carbonyl (C=O) groups is 2. The van der Waals surface area contributed by atoms with Crippen molar-refractivity contribution in [3.05, 3.63) is 0 Å². The molecule has 0 bridgehead atoms. The maximum absolute atomic E-state index is 11.3. The topological polar surface area (TPSA) is 78.4 Å². The maximum Gasteiger partial charge on any atom is 0.315 e. The lowest BCUT2D eigenvalue weighted by atomic mass is 9.80. The van der Waals surface area contributed by atoms with Crippen LogP contribution in [0.15, 0.2) is 0 Å². The van der Waals surface area contributed by atoms with Crippen LogP contribution < -0.4 is 10.6 Å². The van der Waals surface area contributed by atoms with Gasteiger partial charge in [0.2, 0.25) is 0 Å². The van der Waals surface area contributed by atoms with E-state index in [0.717, 1.165) is 0 Å². The Kier molecular flexibility index (Phi) is 4.39. The van der Waals surface area contributed by atoms with Crippen LogP contribution in [0.25, 0.3) is 0 Å². The second-order valence-corrected chi connectivity index (χ2v) is 4.02. The van der Waals surface area contributed by atoms with Crippen LogP contribution in [-0.4, -0.2) is 29.7 Å². The molecule has 1 aliphatic carbocycles. The van der Waals surface area contributed by atoms with Crippen LogP contribution in [0.2, 0.25) is 0 Å². The first-order valence-corrected chi connectivity index (χ1v) is 5.35. The number of hydrogen-bond donors (Lipinski definition) is 3. The van der Waals surface area contributed by atoms with Crippen LogP contribution >= 0.6 is 0 Å². The van der Waals surface area contributed by atoms with E-state index in [9.17, 15) is 9.59 Å². The lowest BCUT2D eigenvalue weighted by Gasteiger charge is -2.31. The molecule has 86 valence electrons. The lowest BCUT2D eigenvalue weighted by molar-refractivity contribution is -0.136. The van der Waals surface area contributed by atoms with Crippen LogP contribution in [0.4, 0.5) is 4.79 Å². The van der Waals surface area contributed by atoms with E-state index < -0.39 is 5.97 Å². The first kappa shape index (κ1) is 11.8. The predicted molar refractivity (Wildman–Crippen MR) is 55.6 cm³/mol. The molecule has 1 unspecified atom stereocenters. The molecule has 0 radical (unpaired) electrons. The van der Waals surface area contributed by atoms with Gasteiger partial charge in [-0.05, 0) is 25.7 Å². The summed E-state index contributed by atoms with van der Waals surface area (Å²) in [5, 5.41) is 13.7. The zero-order valence-corrected chi connectivity index (χ0v) is 8.95. The number of carboxylic acids is 1. The van der Waals surface area contributed by atoms with Gasteiger partial charge < -0.3 is 15.7 Å². The van der Waals surface area contributed by atoms with Gasteiger partial charge in [-0.2, -0.15) is 0 Å². The molecule has 2 amide bonds. The minimum absolute atomic E-state index is 0.0365. The van der Waals surface area contributed by atoms with Crippen molar-refractivity contribution in [3.8, 4) is 0 Å². The molecule has 0 aromatic rings. The second kappa shape index (κ2) is 5.58. The van der Waals surface area contributed by atoms with E-state index in [1.165, 1.54) is 19.3 Å². The van der Waals surface area contributed by atoms with E-state index in [1.807, 2.05) is 6.92 Å². The minimum Gasteiger partial charge on any atom is -0.481 e. The minimum atomic E-state index is -0.901. The fourth-order valence-corrected chi connectivity index (χ4v) is 1.60. The number of carbonyl (C=O) groups excluding carboxylic acids is 1. The van der Waals surface area contributed by atoms with Gasteiger partial charge in [-0.1, -0.05) is 6.42 Å². The Morgan fingerprint density at radius 3 is 2.60 bits per heavy atom. The predicted octanol–water partition coefficient (Wildman–Crippen LogP) is 0.949. The number of nitrogens with one attached hydrogen (secondary N) is 2. The first-order chi connectivity index (χ1) is 7.09. The van der Waals surface area contributed by atoms with E-state index in [4.69, 9.17) is 5.11 Å². The summed E-state index contributed by atoms with van der Waals surface area (Å²) in [5.41, 5.74) is 0. The SMILES string of the molecule is CC(NC(=O)NCCC(=O)O)C1CCC1. The molecule has 5 nitrogen and oxygen atoms in total. The van der Waals surface area contributed by atoms with Crippen LogP contribution in [0.1, 0.15) is 32.6 Å².